The zero-order valence-corrected chi connectivity index (χ0v) is 12.1. The maximum atomic E-state index is 10.9. The number of carbonyl (C=O) groups excluding carboxylic acids is 1. The third-order valence-electron chi connectivity index (χ3n) is 2.76. The largest absolute Gasteiger partial charge is 0.376 e. The minimum Gasteiger partial charge on any atom is -0.376 e. The second-order valence-corrected chi connectivity index (χ2v) is 5.39. The van der Waals surface area contributed by atoms with Gasteiger partial charge in [0.05, 0.1) is 17.5 Å². The molecule has 0 saturated heterocycles. The predicted octanol–water partition coefficient (Wildman–Crippen LogP) is 2.83. The Labute approximate surface area is 122 Å². The minimum atomic E-state index is -0.317. The Balaban J connectivity index is 2.10. The summed E-state index contributed by atoms with van der Waals surface area (Å²) in [5.74, 6) is -0.0426. The number of primary amides is 1. The molecule has 5 heteroatoms. The summed E-state index contributed by atoms with van der Waals surface area (Å²) in [6.45, 7) is 2.05. The number of hydrogen-bond acceptors (Lipinski definition) is 4. The van der Waals surface area contributed by atoms with Crippen LogP contribution in [0.1, 0.15) is 18.7 Å². The van der Waals surface area contributed by atoms with Crippen LogP contribution in [0.4, 0.5) is 5.69 Å². The van der Waals surface area contributed by atoms with Gasteiger partial charge < -0.3 is 11.1 Å². The van der Waals surface area contributed by atoms with Gasteiger partial charge in [-0.25, -0.2) is 0 Å². The number of benzene rings is 1. The zero-order chi connectivity index (χ0) is 14.4. The summed E-state index contributed by atoms with van der Waals surface area (Å²) in [5, 5.41) is 3.42. The van der Waals surface area contributed by atoms with Gasteiger partial charge in [0.25, 0.3) is 0 Å². The molecular weight excluding hydrogens is 270 g/mol. The third kappa shape index (κ3) is 3.99. The second kappa shape index (κ2) is 6.96. The Kier molecular flexibility index (Phi) is 5.01. The highest BCUT2D eigenvalue weighted by Crippen LogP contribution is 2.29. The molecule has 1 atom stereocenters. The molecule has 1 aromatic carbocycles. The summed E-state index contributed by atoms with van der Waals surface area (Å²) in [5.41, 5.74) is 7.15. The van der Waals surface area contributed by atoms with Gasteiger partial charge in [-0.15, -0.1) is 11.8 Å². The maximum absolute atomic E-state index is 10.9. The van der Waals surface area contributed by atoms with Crippen molar-refractivity contribution in [3.8, 4) is 0 Å². The lowest BCUT2D eigenvalue weighted by Crippen LogP contribution is -2.13. The zero-order valence-electron chi connectivity index (χ0n) is 11.2. The van der Waals surface area contributed by atoms with Gasteiger partial charge in [-0.3, -0.25) is 9.78 Å². The van der Waals surface area contributed by atoms with Gasteiger partial charge >= 0.3 is 0 Å². The first kappa shape index (κ1) is 14.4. The second-order valence-electron chi connectivity index (χ2n) is 4.37. The smallest absolute Gasteiger partial charge is 0.227 e. The molecule has 2 aromatic rings. The molecular formula is C15H17N3OS. The molecule has 3 N–H and O–H groups in total. The molecule has 0 spiro atoms. The molecule has 0 aliphatic carbocycles. The van der Waals surface area contributed by atoms with E-state index >= 15 is 0 Å². The third-order valence-corrected chi connectivity index (χ3v) is 3.86. The van der Waals surface area contributed by atoms with Crippen LogP contribution >= 0.6 is 11.8 Å². The van der Waals surface area contributed by atoms with Crippen LogP contribution in [-0.4, -0.2) is 16.6 Å². The Hall–Kier alpha value is -2.01. The fourth-order valence-electron chi connectivity index (χ4n) is 1.80. The molecule has 4 nitrogen and oxygen atoms in total. The molecule has 0 aliphatic heterocycles. The predicted molar refractivity (Wildman–Crippen MR) is 82.6 cm³/mol. The summed E-state index contributed by atoms with van der Waals surface area (Å²) >= 11 is 1.43. The standard InChI is InChI=1S/C15H17N3OS/c1-11(12-6-4-5-9-17-12)18-13-7-2-3-8-14(13)20-10-15(16)19/h2-9,11,18H,10H2,1H3,(H2,16,19). The van der Waals surface area contributed by atoms with Crippen molar-refractivity contribution in [2.45, 2.75) is 17.9 Å². The lowest BCUT2D eigenvalue weighted by molar-refractivity contribution is -0.115. The number of nitrogens with two attached hydrogens (primary N) is 1. The van der Waals surface area contributed by atoms with E-state index in [2.05, 4.69) is 17.2 Å². The van der Waals surface area contributed by atoms with Crippen molar-refractivity contribution < 1.29 is 4.79 Å². The highest BCUT2D eigenvalue weighted by Gasteiger charge is 2.09. The summed E-state index contributed by atoms with van der Waals surface area (Å²) in [7, 11) is 0. The van der Waals surface area contributed by atoms with Crippen LogP contribution in [0, 0.1) is 0 Å². The van der Waals surface area contributed by atoms with E-state index < -0.39 is 0 Å². The van der Waals surface area contributed by atoms with E-state index in [9.17, 15) is 4.79 Å². The van der Waals surface area contributed by atoms with Crippen molar-refractivity contribution in [3.63, 3.8) is 0 Å². The Morgan fingerprint density at radius 1 is 1.30 bits per heavy atom. The van der Waals surface area contributed by atoms with Gasteiger partial charge in [0, 0.05) is 16.8 Å². The molecule has 1 aromatic heterocycles. The lowest BCUT2D eigenvalue weighted by atomic mass is 10.2. The number of para-hydroxylation sites is 1. The van der Waals surface area contributed by atoms with Crippen molar-refractivity contribution >= 4 is 23.4 Å². The Bertz CT molecular complexity index is 574. The van der Waals surface area contributed by atoms with Crippen molar-refractivity contribution in [2.75, 3.05) is 11.1 Å². The van der Waals surface area contributed by atoms with Gasteiger partial charge in [-0.1, -0.05) is 18.2 Å². The molecule has 0 aliphatic rings. The number of anilines is 1. The first-order valence-electron chi connectivity index (χ1n) is 6.34. The number of aromatic nitrogens is 1. The number of rotatable bonds is 6. The highest BCUT2D eigenvalue weighted by atomic mass is 32.2. The Morgan fingerprint density at radius 2 is 2.05 bits per heavy atom. The van der Waals surface area contributed by atoms with Crippen LogP contribution in [0.3, 0.4) is 0 Å². The molecule has 0 bridgehead atoms. The molecule has 2 rings (SSSR count). The average molecular weight is 287 g/mol. The SMILES string of the molecule is CC(Nc1ccccc1SCC(N)=O)c1ccccn1. The van der Waals surface area contributed by atoms with Crippen LogP contribution in [0.25, 0.3) is 0 Å². The number of nitrogens with one attached hydrogen (secondary N) is 1. The van der Waals surface area contributed by atoms with E-state index in [0.29, 0.717) is 0 Å². The van der Waals surface area contributed by atoms with Crippen molar-refractivity contribution in [3.05, 3.63) is 54.4 Å². The molecule has 0 saturated carbocycles. The fraction of sp³-hybridized carbons (Fsp3) is 0.200. The monoisotopic (exact) mass is 287 g/mol. The summed E-state index contributed by atoms with van der Waals surface area (Å²) < 4.78 is 0. The first-order chi connectivity index (χ1) is 9.66. The quantitative estimate of drug-likeness (QED) is 0.802. The van der Waals surface area contributed by atoms with E-state index in [0.717, 1.165) is 16.3 Å². The number of hydrogen-bond donors (Lipinski definition) is 2. The Morgan fingerprint density at radius 3 is 2.75 bits per heavy atom. The maximum Gasteiger partial charge on any atom is 0.227 e. The van der Waals surface area contributed by atoms with Gasteiger partial charge in [0.15, 0.2) is 0 Å². The van der Waals surface area contributed by atoms with Crippen LogP contribution < -0.4 is 11.1 Å². The first-order valence-corrected chi connectivity index (χ1v) is 7.33. The number of pyridine rings is 1. The van der Waals surface area contributed by atoms with Crippen molar-refractivity contribution in [1.82, 2.24) is 4.98 Å². The van der Waals surface area contributed by atoms with Gasteiger partial charge in [-0.2, -0.15) is 0 Å². The van der Waals surface area contributed by atoms with E-state index in [1.54, 1.807) is 6.20 Å². The molecule has 0 fully saturated rings. The minimum absolute atomic E-state index is 0.0894. The van der Waals surface area contributed by atoms with E-state index in [1.165, 1.54) is 11.8 Å². The van der Waals surface area contributed by atoms with Gasteiger partial charge in [0.1, 0.15) is 0 Å². The van der Waals surface area contributed by atoms with Crippen LogP contribution in [-0.2, 0) is 4.79 Å². The number of carbonyl (C=O) groups is 1. The van der Waals surface area contributed by atoms with Gasteiger partial charge in [0.2, 0.25) is 5.91 Å². The molecule has 1 heterocycles. The van der Waals surface area contributed by atoms with Crippen LogP contribution in [0.2, 0.25) is 0 Å². The summed E-state index contributed by atoms with van der Waals surface area (Å²) in [6, 6.07) is 13.8. The summed E-state index contributed by atoms with van der Waals surface area (Å²) in [4.78, 5) is 16.2. The highest BCUT2D eigenvalue weighted by molar-refractivity contribution is 8.00. The molecule has 20 heavy (non-hydrogen) atoms. The van der Waals surface area contributed by atoms with E-state index in [4.69, 9.17) is 5.73 Å². The number of nitrogens with zero attached hydrogens (tertiary/aromatic N) is 1. The van der Waals surface area contributed by atoms with E-state index in [-0.39, 0.29) is 17.7 Å². The van der Waals surface area contributed by atoms with Crippen molar-refractivity contribution in [1.29, 1.82) is 0 Å². The lowest BCUT2D eigenvalue weighted by Gasteiger charge is -2.17. The number of thioether (sulfide) groups is 1. The molecule has 1 amide bonds. The molecule has 1 unspecified atom stereocenters. The van der Waals surface area contributed by atoms with E-state index in [1.807, 2.05) is 42.5 Å². The van der Waals surface area contributed by atoms with Gasteiger partial charge in [-0.05, 0) is 31.2 Å². The average Bonchev–Trinajstić information content (AvgIpc) is 2.47. The van der Waals surface area contributed by atoms with Crippen LogP contribution in [0.15, 0.2) is 53.6 Å². The normalized spacial score (nSPS) is 11.8. The molecule has 0 radical (unpaired) electrons. The van der Waals surface area contributed by atoms with Crippen molar-refractivity contribution in [2.24, 2.45) is 5.73 Å². The molecule has 104 valence electrons. The van der Waals surface area contributed by atoms with Crippen LogP contribution in [0.5, 0.6) is 0 Å². The fourth-order valence-corrected chi connectivity index (χ4v) is 2.55. The summed E-state index contributed by atoms with van der Waals surface area (Å²) in [6.07, 6.45) is 1.78. The topological polar surface area (TPSA) is 68.0 Å². The number of amides is 1.